The Morgan fingerprint density at radius 1 is 1.17 bits per heavy atom. The summed E-state index contributed by atoms with van der Waals surface area (Å²) in [5, 5.41) is 8.54. The average Bonchev–Trinajstić information content (AvgIpc) is 3.42. The molecule has 2 aliphatic heterocycles. The van der Waals surface area contributed by atoms with E-state index in [1.54, 1.807) is 12.3 Å². The van der Waals surface area contributed by atoms with E-state index in [0.717, 1.165) is 42.5 Å². The predicted molar refractivity (Wildman–Crippen MR) is 155 cm³/mol. The molecule has 2 aliphatic rings. The van der Waals surface area contributed by atoms with Gasteiger partial charge < -0.3 is 14.0 Å². The van der Waals surface area contributed by atoms with Crippen molar-refractivity contribution in [1.82, 2.24) is 25.0 Å². The van der Waals surface area contributed by atoms with E-state index in [-0.39, 0.29) is 23.9 Å². The van der Waals surface area contributed by atoms with Gasteiger partial charge in [-0.2, -0.15) is 0 Å². The lowest BCUT2D eigenvalue weighted by Crippen LogP contribution is -2.51. The topological polar surface area (TPSA) is 144 Å². The average molecular weight is 600 g/mol. The van der Waals surface area contributed by atoms with Gasteiger partial charge in [0.05, 0.1) is 26.0 Å². The van der Waals surface area contributed by atoms with Gasteiger partial charge in [0.2, 0.25) is 0 Å². The van der Waals surface area contributed by atoms with Crippen molar-refractivity contribution in [1.29, 1.82) is 0 Å². The van der Waals surface area contributed by atoms with Gasteiger partial charge in [0, 0.05) is 49.1 Å². The number of nitrogens with zero attached hydrogens (tertiary/aromatic N) is 4. The molecule has 0 bridgehead atoms. The van der Waals surface area contributed by atoms with Crippen LogP contribution in [0.1, 0.15) is 39.5 Å². The molecule has 42 heavy (non-hydrogen) atoms. The summed E-state index contributed by atoms with van der Waals surface area (Å²) in [4.78, 5) is 31.2. The standard InChI is InChI=1S/C29H37N5O7S/c1-28(19-39-20-28)18-34-17-24(30-32-34)22-9-7-21(8-10-22)23-11-13-33(25(35)16-23)14-12-29(2,42(3,37)38)27(36)31-41-26-6-4-5-15-40-26/h7-11,13,16-17,26H,4-6,12,14-15,18-20H2,1-3H3,(H,31,36). The van der Waals surface area contributed by atoms with Crippen LogP contribution in [0.4, 0.5) is 0 Å². The Morgan fingerprint density at radius 3 is 2.52 bits per heavy atom. The van der Waals surface area contributed by atoms with Crippen LogP contribution in [0.5, 0.6) is 0 Å². The summed E-state index contributed by atoms with van der Waals surface area (Å²) < 4.78 is 37.5. The fourth-order valence-electron chi connectivity index (χ4n) is 4.98. The molecule has 12 nitrogen and oxygen atoms in total. The van der Waals surface area contributed by atoms with E-state index in [1.165, 1.54) is 17.6 Å². The second-order valence-corrected chi connectivity index (χ2v) is 14.2. The molecule has 2 aromatic heterocycles. The summed E-state index contributed by atoms with van der Waals surface area (Å²) in [7, 11) is -3.85. The molecule has 2 atom stereocenters. The Hall–Kier alpha value is -3.39. The molecule has 1 N–H and O–H groups in total. The van der Waals surface area contributed by atoms with Crippen molar-refractivity contribution >= 4 is 15.7 Å². The number of hydroxylamine groups is 1. The molecule has 226 valence electrons. The number of aryl methyl sites for hydroxylation is 1. The summed E-state index contributed by atoms with van der Waals surface area (Å²) in [6.07, 6.45) is 6.21. The van der Waals surface area contributed by atoms with E-state index in [1.807, 2.05) is 35.1 Å². The monoisotopic (exact) mass is 599 g/mol. The third-order valence-electron chi connectivity index (χ3n) is 8.04. The number of pyridine rings is 1. The second kappa shape index (κ2) is 12.1. The zero-order chi connectivity index (χ0) is 30.0. The molecule has 0 aliphatic carbocycles. The van der Waals surface area contributed by atoms with Gasteiger partial charge in [0.15, 0.2) is 20.9 Å². The number of benzene rings is 1. The highest BCUT2D eigenvalue weighted by Crippen LogP contribution is 2.29. The van der Waals surface area contributed by atoms with Gasteiger partial charge in [0.1, 0.15) is 5.69 Å². The van der Waals surface area contributed by atoms with Crippen LogP contribution in [0, 0.1) is 5.41 Å². The largest absolute Gasteiger partial charge is 0.380 e. The minimum atomic E-state index is -3.85. The zero-order valence-corrected chi connectivity index (χ0v) is 24.9. The highest BCUT2D eigenvalue weighted by atomic mass is 32.2. The quantitative estimate of drug-likeness (QED) is 0.329. The molecule has 2 saturated heterocycles. The minimum absolute atomic E-state index is 0.0236. The van der Waals surface area contributed by atoms with Gasteiger partial charge in [-0.25, -0.2) is 18.7 Å². The van der Waals surface area contributed by atoms with E-state index < -0.39 is 26.8 Å². The molecule has 1 aromatic carbocycles. The van der Waals surface area contributed by atoms with E-state index in [9.17, 15) is 18.0 Å². The molecule has 2 unspecified atom stereocenters. The Morgan fingerprint density at radius 2 is 1.90 bits per heavy atom. The summed E-state index contributed by atoms with van der Waals surface area (Å²) in [5.74, 6) is -0.796. The molecule has 0 radical (unpaired) electrons. The Labute approximate surface area is 244 Å². The Bertz CT molecular complexity index is 1570. The molecule has 0 spiro atoms. The van der Waals surface area contributed by atoms with Crippen molar-refractivity contribution in [2.24, 2.45) is 5.41 Å². The highest BCUT2D eigenvalue weighted by Gasteiger charge is 2.44. The van der Waals surface area contributed by atoms with Crippen LogP contribution < -0.4 is 11.0 Å². The Balaban J connectivity index is 1.23. The second-order valence-electron chi connectivity index (χ2n) is 11.7. The Kier molecular flexibility index (Phi) is 8.65. The first kappa shape index (κ1) is 30.1. The third-order valence-corrected chi connectivity index (χ3v) is 10.1. The van der Waals surface area contributed by atoms with Crippen molar-refractivity contribution < 1.29 is 27.5 Å². The SMILES string of the molecule is CC1(Cn2cc(-c3ccc(-c4ccn(CCC(C)(C(=O)NOC5CCCCO5)S(C)(=O)=O)c(=O)c4)cc3)nn2)COC1. The van der Waals surface area contributed by atoms with Crippen LogP contribution in [0.3, 0.4) is 0 Å². The van der Waals surface area contributed by atoms with E-state index >= 15 is 0 Å². The van der Waals surface area contributed by atoms with Gasteiger partial charge in [-0.1, -0.05) is 36.4 Å². The van der Waals surface area contributed by atoms with Crippen molar-refractivity contribution in [2.45, 2.75) is 63.7 Å². The first-order valence-corrected chi connectivity index (χ1v) is 15.9. The van der Waals surface area contributed by atoms with Gasteiger partial charge in [-0.05, 0) is 43.4 Å². The van der Waals surface area contributed by atoms with Gasteiger partial charge >= 0.3 is 0 Å². The number of hydrogen-bond acceptors (Lipinski definition) is 9. The van der Waals surface area contributed by atoms with Crippen LogP contribution in [0.2, 0.25) is 0 Å². The number of rotatable bonds is 11. The molecular weight excluding hydrogens is 562 g/mol. The highest BCUT2D eigenvalue weighted by molar-refractivity contribution is 7.92. The maximum atomic E-state index is 13.0. The lowest BCUT2D eigenvalue weighted by molar-refractivity contribution is -0.201. The summed E-state index contributed by atoms with van der Waals surface area (Å²) in [6, 6.07) is 11.0. The zero-order valence-electron chi connectivity index (χ0n) is 24.1. The maximum Gasteiger partial charge on any atom is 0.264 e. The van der Waals surface area contributed by atoms with Crippen LogP contribution >= 0.6 is 0 Å². The normalized spacial score (nSPS) is 19.9. The smallest absolute Gasteiger partial charge is 0.264 e. The molecule has 0 saturated carbocycles. The number of nitrogens with one attached hydrogen (secondary N) is 1. The van der Waals surface area contributed by atoms with Crippen molar-refractivity contribution in [3.05, 3.63) is 59.1 Å². The van der Waals surface area contributed by atoms with Crippen LogP contribution in [-0.4, -0.2) is 71.0 Å². The first-order valence-electron chi connectivity index (χ1n) is 14.0. The molecule has 13 heteroatoms. The van der Waals surface area contributed by atoms with Crippen molar-refractivity contribution in [2.75, 3.05) is 26.1 Å². The van der Waals surface area contributed by atoms with Gasteiger partial charge in [-0.3, -0.25) is 14.3 Å². The number of aromatic nitrogens is 4. The van der Waals surface area contributed by atoms with Crippen LogP contribution in [0.15, 0.2) is 53.6 Å². The molecule has 1 amide bonds. The first-order chi connectivity index (χ1) is 20.0. The number of carbonyl (C=O) groups is 1. The van der Waals surface area contributed by atoms with Gasteiger partial charge in [-0.15, -0.1) is 5.10 Å². The van der Waals surface area contributed by atoms with Crippen molar-refractivity contribution in [3.63, 3.8) is 0 Å². The van der Waals surface area contributed by atoms with Crippen molar-refractivity contribution in [3.8, 4) is 22.4 Å². The van der Waals surface area contributed by atoms with Crippen LogP contribution in [-0.2, 0) is 42.0 Å². The number of amides is 1. The van der Waals surface area contributed by atoms with E-state index in [4.69, 9.17) is 14.3 Å². The summed E-state index contributed by atoms with van der Waals surface area (Å²) in [5.41, 5.74) is 5.27. The summed E-state index contributed by atoms with van der Waals surface area (Å²) >= 11 is 0. The molecule has 2 fully saturated rings. The molecule has 5 rings (SSSR count). The van der Waals surface area contributed by atoms with E-state index in [2.05, 4.69) is 22.7 Å². The number of sulfone groups is 1. The fraction of sp³-hybridized carbons (Fsp3) is 0.517. The summed E-state index contributed by atoms with van der Waals surface area (Å²) in [6.45, 7) is 6.21. The third kappa shape index (κ3) is 6.64. The molecular formula is C29H37N5O7S. The number of ether oxygens (including phenoxy) is 2. The lowest BCUT2D eigenvalue weighted by atomic mass is 9.89. The fourth-order valence-corrected chi connectivity index (χ4v) is 5.82. The lowest BCUT2D eigenvalue weighted by Gasteiger charge is -2.37. The van der Waals surface area contributed by atoms with Crippen LogP contribution in [0.25, 0.3) is 22.4 Å². The van der Waals surface area contributed by atoms with E-state index in [0.29, 0.717) is 31.8 Å². The molecule has 4 heterocycles. The molecule has 3 aromatic rings. The number of hydrogen-bond donors (Lipinski definition) is 1. The number of carbonyl (C=O) groups excluding carboxylic acids is 1. The predicted octanol–water partition coefficient (Wildman–Crippen LogP) is 2.58. The minimum Gasteiger partial charge on any atom is -0.380 e. The van der Waals surface area contributed by atoms with Gasteiger partial charge in [0.25, 0.3) is 11.5 Å². The maximum absolute atomic E-state index is 13.0.